The molecule has 35 heavy (non-hydrogen) atoms. The van der Waals surface area contributed by atoms with Crippen LogP contribution < -0.4 is 19.7 Å². The molecule has 9 nitrogen and oxygen atoms in total. The standard InChI is InChI=1S/C24H17BrN2O7S/c1-32-20-10-13(5-7-18(20)33-12-16-6-8-19(34-16)23(30)31)9-17-21(28)26-24(35)27(22(17)29)15-4-2-3-14(25)11-15/h2-11H,12H2,1H3,(H,30,31)(H,26,28,35)/b17-9+. The van der Waals surface area contributed by atoms with Crippen LogP contribution in [0.25, 0.3) is 6.08 Å². The third-order valence-electron chi connectivity index (χ3n) is 4.91. The Balaban J connectivity index is 1.57. The zero-order chi connectivity index (χ0) is 25.1. The fraction of sp³-hybridized carbons (Fsp3) is 0.0833. The van der Waals surface area contributed by atoms with Gasteiger partial charge in [0.2, 0.25) is 5.76 Å². The van der Waals surface area contributed by atoms with Gasteiger partial charge in [-0.2, -0.15) is 0 Å². The first-order valence-electron chi connectivity index (χ1n) is 10.1. The average Bonchev–Trinajstić information content (AvgIpc) is 3.30. The minimum atomic E-state index is -1.17. The van der Waals surface area contributed by atoms with Crippen LogP contribution in [0, 0.1) is 0 Å². The monoisotopic (exact) mass is 556 g/mol. The van der Waals surface area contributed by atoms with Gasteiger partial charge in [0.25, 0.3) is 11.8 Å². The van der Waals surface area contributed by atoms with Crippen molar-refractivity contribution in [1.82, 2.24) is 5.32 Å². The van der Waals surface area contributed by atoms with Crippen LogP contribution in [0.3, 0.4) is 0 Å². The fourth-order valence-electron chi connectivity index (χ4n) is 3.29. The number of anilines is 1. The van der Waals surface area contributed by atoms with Crippen LogP contribution >= 0.6 is 28.1 Å². The number of methoxy groups -OCH3 is 1. The Morgan fingerprint density at radius 2 is 1.97 bits per heavy atom. The Labute approximate surface area is 213 Å². The first-order chi connectivity index (χ1) is 16.8. The maximum absolute atomic E-state index is 13.2. The minimum Gasteiger partial charge on any atom is -0.493 e. The molecule has 2 amide bonds. The van der Waals surface area contributed by atoms with Crippen LogP contribution in [0.4, 0.5) is 5.69 Å². The summed E-state index contributed by atoms with van der Waals surface area (Å²) in [5, 5.41) is 11.5. The molecule has 0 aliphatic carbocycles. The smallest absolute Gasteiger partial charge is 0.371 e. The van der Waals surface area contributed by atoms with Crippen LogP contribution in [0.1, 0.15) is 21.9 Å². The molecule has 0 bridgehead atoms. The molecule has 0 spiro atoms. The first-order valence-corrected chi connectivity index (χ1v) is 11.3. The van der Waals surface area contributed by atoms with Crippen LogP contribution in [0.2, 0.25) is 0 Å². The number of thiocarbonyl (C=S) groups is 1. The number of nitrogens with zero attached hydrogens (tertiary/aromatic N) is 1. The number of ether oxygens (including phenoxy) is 2. The quantitative estimate of drug-likeness (QED) is 0.253. The van der Waals surface area contributed by atoms with Crippen molar-refractivity contribution in [3.05, 3.63) is 81.7 Å². The van der Waals surface area contributed by atoms with Gasteiger partial charge in [0.1, 0.15) is 17.9 Å². The topological polar surface area (TPSA) is 118 Å². The lowest BCUT2D eigenvalue weighted by molar-refractivity contribution is -0.122. The van der Waals surface area contributed by atoms with E-state index in [0.717, 1.165) is 4.47 Å². The number of aromatic carboxylic acids is 1. The van der Waals surface area contributed by atoms with E-state index in [1.807, 2.05) is 6.07 Å². The van der Waals surface area contributed by atoms with Gasteiger partial charge in [-0.1, -0.05) is 28.1 Å². The molecule has 1 fully saturated rings. The van der Waals surface area contributed by atoms with Gasteiger partial charge in [0.15, 0.2) is 16.6 Å². The number of rotatable bonds is 7. The Bertz CT molecular complexity index is 1380. The molecule has 178 valence electrons. The van der Waals surface area contributed by atoms with Crippen molar-refractivity contribution < 1.29 is 33.4 Å². The SMILES string of the molecule is COc1cc(/C=C2\C(=O)NC(=S)N(c3cccc(Br)c3)C2=O)ccc1OCc1ccc(C(=O)O)o1. The second kappa shape index (κ2) is 10.1. The second-order valence-corrected chi connectivity index (χ2v) is 8.51. The van der Waals surface area contributed by atoms with E-state index in [1.54, 1.807) is 36.4 Å². The minimum absolute atomic E-state index is 0.0134. The van der Waals surface area contributed by atoms with Gasteiger partial charge in [0.05, 0.1) is 12.8 Å². The summed E-state index contributed by atoms with van der Waals surface area (Å²) in [6, 6.07) is 14.7. The summed E-state index contributed by atoms with van der Waals surface area (Å²) in [6.45, 7) is -0.0238. The molecule has 11 heteroatoms. The van der Waals surface area contributed by atoms with E-state index in [4.69, 9.17) is 31.2 Å². The lowest BCUT2D eigenvalue weighted by atomic mass is 10.1. The highest BCUT2D eigenvalue weighted by atomic mass is 79.9. The van der Waals surface area contributed by atoms with Crippen molar-refractivity contribution in [2.75, 3.05) is 12.0 Å². The molecule has 0 atom stereocenters. The largest absolute Gasteiger partial charge is 0.493 e. The summed E-state index contributed by atoms with van der Waals surface area (Å²) < 4.78 is 17.0. The highest BCUT2D eigenvalue weighted by Gasteiger charge is 2.34. The summed E-state index contributed by atoms with van der Waals surface area (Å²) in [5.74, 6) is -1.52. The van der Waals surface area contributed by atoms with E-state index in [1.165, 1.54) is 30.2 Å². The molecule has 0 unspecified atom stereocenters. The van der Waals surface area contributed by atoms with E-state index in [-0.39, 0.29) is 23.1 Å². The lowest BCUT2D eigenvalue weighted by Crippen LogP contribution is -2.54. The molecule has 0 radical (unpaired) electrons. The van der Waals surface area contributed by atoms with Crippen molar-refractivity contribution in [3.8, 4) is 11.5 Å². The number of hydrogen-bond donors (Lipinski definition) is 2. The number of carbonyl (C=O) groups excluding carboxylic acids is 2. The second-order valence-electron chi connectivity index (χ2n) is 7.21. The molecular weight excluding hydrogens is 540 g/mol. The molecule has 0 saturated carbocycles. The highest BCUT2D eigenvalue weighted by Crippen LogP contribution is 2.31. The van der Waals surface area contributed by atoms with Crippen molar-refractivity contribution in [3.63, 3.8) is 0 Å². The first kappa shape index (κ1) is 24.2. The lowest BCUT2D eigenvalue weighted by Gasteiger charge is -2.29. The predicted molar refractivity (Wildman–Crippen MR) is 133 cm³/mol. The van der Waals surface area contributed by atoms with Crippen LogP contribution in [0.15, 0.2) is 69.1 Å². The van der Waals surface area contributed by atoms with E-state index >= 15 is 0 Å². The van der Waals surface area contributed by atoms with E-state index < -0.39 is 17.8 Å². The number of hydrogen-bond acceptors (Lipinski definition) is 7. The number of carboxylic acid groups (broad SMARTS) is 1. The van der Waals surface area contributed by atoms with Gasteiger partial charge in [-0.3, -0.25) is 19.8 Å². The molecular formula is C24H17BrN2O7S. The maximum Gasteiger partial charge on any atom is 0.371 e. The average molecular weight is 557 g/mol. The van der Waals surface area contributed by atoms with Crippen LogP contribution in [-0.4, -0.2) is 35.1 Å². The van der Waals surface area contributed by atoms with Gasteiger partial charge in [-0.25, -0.2) is 4.79 Å². The van der Waals surface area contributed by atoms with E-state index in [0.29, 0.717) is 28.5 Å². The number of carbonyl (C=O) groups is 3. The summed E-state index contributed by atoms with van der Waals surface area (Å²) in [6.07, 6.45) is 1.43. The number of nitrogens with one attached hydrogen (secondary N) is 1. The molecule has 1 aliphatic heterocycles. The highest BCUT2D eigenvalue weighted by molar-refractivity contribution is 9.10. The molecule has 3 aromatic rings. The summed E-state index contributed by atoms with van der Waals surface area (Å²) in [5.41, 5.74) is 0.914. The van der Waals surface area contributed by atoms with Gasteiger partial charge >= 0.3 is 5.97 Å². The van der Waals surface area contributed by atoms with Crippen LogP contribution in [-0.2, 0) is 16.2 Å². The number of furan rings is 1. The Kier molecular flexibility index (Phi) is 6.99. The summed E-state index contributed by atoms with van der Waals surface area (Å²) in [4.78, 5) is 37.9. The summed E-state index contributed by atoms with van der Waals surface area (Å²) >= 11 is 8.59. The van der Waals surface area contributed by atoms with E-state index in [2.05, 4.69) is 21.2 Å². The van der Waals surface area contributed by atoms with Crippen molar-refractivity contribution in [1.29, 1.82) is 0 Å². The van der Waals surface area contributed by atoms with Crippen molar-refractivity contribution >= 4 is 62.8 Å². The molecule has 1 aromatic heterocycles. The van der Waals surface area contributed by atoms with Gasteiger partial charge in [-0.05, 0) is 66.3 Å². The molecule has 1 aliphatic rings. The molecule has 2 N–H and O–H groups in total. The molecule has 2 heterocycles. The number of amides is 2. The van der Waals surface area contributed by atoms with Crippen LogP contribution in [0.5, 0.6) is 11.5 Å². The van der Waals surface area contributed by atoms with Crippen molar-refractivity contribution in [2.24, 2.45) is 0 Å². The van der Waals surface area contributed by atoms with Crippen molar-refractivity contribution in [2.45, 2.75) is 6.61 Å². The maximum atomic E-state index is 13.2. The Morgan fingerprint density at radius 1 is 1.17 bits per heavy atom. The summed E-state index contributed by atoms with van der Waals surface area (Å²) in [7, 11) is 1.44. The number of carboxylic acids is 1. The fourth-order valence-corrected chi connectivity index (χ4v) is 3.95. The third kappa shape index (κ3) is 5.26. The predicted octanol–water partition coefficient (Wildman–Crippen LogP) is 4.16. The Hall–Kier alpha value is -3.96. The van der Waals surface area contributed by atoms with Gasteiger partial charge in [0, 0.05) is 4.47 Å². The van der Waals surface area contributed by atoms with Gasteiger partial charge in [-0.15, -0.1) is 0 Å². The molecule has 2 aromatic carbocycles. The number of halogens is 1. The Morgan fingerprint density at radius 3 is 2.66 bits per heavy atom. The zero-order valence-electron chi connectivity index (χ0n) is 18.1. The zero-order valence-corrected chi connectivity index (χ0v) is 20.5. The van der Waals surface area contributed by atoms with E-state index in [9.17, 15) is 14.4 Å². The number of benzene rings is 2. The normalized spacial score (nSPS) is 14.7. The molecule has 1 saturated heterocycles. The molecule has 4 rings (SSSR count). The third-order valence-corrected chi connectivity index (χ3v) is 5.69. The van der Waals surface area contributed by atoms with Gasteiger partial charge < -0.3 is 19.0 Å².